The highest BCUT2D eigenvalue weighted by atomic mass is 16.3. The van der Waals surface area contributed by atoms with Crippen LogP contribution in [-0.4, -0.2) is 35.4 Å². The quantitative estimate of drug-likeness (QED) is 0.939. The number of benzene rings is 1. The fourth-order valence-corrected chi connectivity index (χ4v) is 3.35. The predicted molar refractivity (Wildman–Crippen MR) is 90.9 cm³/mol. The van der Waals surface area contributed by atoms with Crippen LogP contribution in [0, 0.1) is 0 Å². The molecule has 1 unspecified atom stereocenters. The van der Waals surface area contributed by atoms with Gasteiger partial charge in [0, 0.05) is 31.6 Å². The highest BCUT2D eigenvalue weighted by Gasteiger charge is 2.35. The molecule has 2 aliphatic rings. The number of carbonyl (C=O) groups excluding carboxylic acids is 1. The van der Waals surface area contributed by atoms with Crippen molar-refractivity contribution in [2.75, 3.05) is 19.6 Å². The van der Waals surface area contributed by atoms with Gasteiger partial charge in [0.2, 0.25) is 5.76 Å². The molecule has 1 aromatic carbocycles. The van der Waals surface area contributed by atoms with Crippen LogP contribution in [-0.2, 0) is 6.42 Å². The van der Waals surface area contributed by atoms with Crippen LogP contribution >= 0.6 is 0 Å². The van der Waals surface area contributed by atoms with Crippen molar-refractivity contribution in [2.45, 2.75) is 38.1 Å². The Kier molecular flexibility index (Phi) is 4.10. The van der Waals surface area contributed by atoms with E-state index in [1.54, 1.807) is 0 Å². The Morgan fingerprint density at radius 3 is 2.83 bits per heavy atom. The molecule has 126 valence electrons. The molecule has 0 spiro atoms. The number of nitrogens with zero attached hydrogens (tertiary/aromatic N) is 2. The Hall–Kier alpha value is -2.14. The van der Waals surface area contributed by atoms with Gasteiger partial charge in [-0.05, 0) is 30.4 Å². The first-order valence-electron chi connectivity index (χ1n) is 8.81. The number of piperazine rings is 1. The lowest BCUT2D eigenvalue weighted by Crippen LogP contribution is -2.48. The third-order valence-corrected chi connectivity index (χ3v) is 5.01. The minimum absolute atomic E-state index is 0.0221. The Balaban J connectivity index is 1.49. The molecule has 1 atom stereocenters. The second-order valence-corrected chi connectivity index (χ2v) is 6.69. The fourth-order valence-electron chi connectivity index (χ4n) is 3.35. The molecule has 1 saturated heterocycles. The lowest BCUT2D eigenvalue weighted by atomic mass is 10.0. The van der Waals surface area contributed by atoms with Crippen molar-refractivity contribution in [2.24, 2.45) is 0 Å². The van der Waals surface area contributed by atoms with Crippen molar-refractivity contribution in [3.8, 4) is 0 Å². The largest absolute Gasteiger partial charge is 0.438 e. The Morgan fingerprint density at radius 2 is 2.12 bits per heavy atom. The van der Waals surface area contributed by atoms with Gasteiger partial charge in [0.15, 0.2) is 6.39 Å². The van der Waals surface area contributed by atoms with Gasteiger partial charge in [0.05, 0.1) is 5.69 Å². The van der Waals surface area contributed by atoms with Crippen LogP contribution in [0.4, 0.5) is 0 Å². The summed E-state index contributed by atoms with van der Waals surface area (Å²) in [7, 11) is 0. The van der Waals surface area contributed by atoms with E-state index in [2.05, 4.69) is 41.5 Å². The van der Waals surface area contributed by atoms with Crippen LogP contribution in [0.1, 0.15) is 59.1 Å². The molecule has 1 aliphatic heterocycles. The van der Waals surface area contributed by atoms with E-state index in [4.69, 9.17) is 4.42 Å². The van der Waals surface area contributed by atoms with Crippen LogP contribution in [0.25, 0.3) is 0 Å². The number of rotatable bonds is 4. The molecular weight excluding hydrogens is 302 g/mol. The predicted octanol–water partition coefficient (Wildman–Crippen LogP) is 2.90. The van der Waals surface area contributed by atoms with E-state index in [-0.39, 0.29) is 11.9 Å². The van der Waals surface area contributed by atoms with Crippen LogP contribution in [0.15, 0.2) is 35.1 Å². The molecule has 1 aromatic heterocycles. The van der Waals surface area contributed by atoms with E-state index >= 15 is 0 Å². The first kappa shape index (κ1) is 15.4. The fraction of sp³-hybridized carbons (Fsp3) is 0.474. The summed E-state index contributed by atoms with van der Waals surface area (Å²) in [5.74, 6) is 0.841. The second-order valence-electron chi connectivity index (χ2n) is 6.69. The van der Waals surface area contributed by atoms with Crippen molar-refractivity contribution in [1.29, 1.82) is 0 Å². The maximum atomic E-state index is 12.9. The van der Waals surface area contributed by atoms with E-state index in [9.17, 15) is 4.79 Å². The monoisotopic (exact) mass is 325 g/mol. The zero-order valence-electron chi connectivity index (χ0n) is 14.0. The summed E-state index contributed by atoms with van der Waals surface area (Å²) >= 11 is 0. The minimum atomic E-state index is -0.0221. The van der Waals surface area contributed by atoms with E-state index < -0.39 is 0 Å². The van der Waals surface area contributed by atoms with Gasteiger partial charge in [-0.3, -0.25) is 4.79 Å². The van der Waals surface area contributed by atoms with Crippen LogP contribution in [0.5, 0.6) is 0 Å². The number of carbonyl (C=O) groups is 1. The highest BCUT2D eigenvalue weighted by Crippen LogP contribution is 2.41. The van der Waals surface area contributed by atoms with Gasteiger partial charge in [-0.15, -0.1) is 0 Å². The molecule has 1 amide bonds. The van der Waals surface area contributed by atoms with Crippen molar-refractivity contribution < 1.29 is 9.21 Å². The third kappa shape index (κ3) is 2.96. The summed E-state index contributed by atoms with van der Waals surface area (Å²) in [4.78, 5) is 19.0. The van der Waals surface area contributed by atoms with E-state index in [0.717, 1.165) is 31.5 Å². The van der Waals surface area contributed by atoms with Gasteiger partial charge in [-0.25, -0.2) is 4.98 Å². The zero-order valence-corrected chi connectivity index (χ0v) is 14.0. The van der Waals surface area contributed by atoms with Crippen LogP contribution in [0.2, 0.25) is 0 Å². The summed E-state index contributed by atoms with van der Waals surface area (Å²) in [5, 5.41) is 3.51. The molecular formula is C19H23N3O2. The van der Waals surface area contributed by atoms with Gasteiger partial charge >= 0.3 is 0 Å². The van der Waals surface area contributed by atoms with Gasteiger partial charge < -0.3 is 14.6 Å². The topological polar surface area (TPSA) is 58.4 Å². The SMILES string of the molecule is CCc1ccc(C2CN(C(=O)c3ocnc3C3CC3)CCN2)cc1. The van der Waals surface area contributed by atoms with Crippen molar-refractivity contribution in [3.63, 3.8) is 0 Å². The first-order chi connectivity index (χ1) is 11.8. The van der Waals surface area contributed by atoms with Gasteiger partial charge in [0.25, 0.3) is 5.91 Å². The number of amides is 1. The van der Waals surface area contributed by atoms with Crippen molar-refractivity contribution in [1.82, 2.24) is 15.2 Å². The second kappa shape index (κ2) is 6.40. The average Bonchev–Trinajstić information content (AvgIpc) is 3.38. The van der Waals surface area contributed by atoms with E-state index in [1.807, 2.05) is 4.90 Å². The number of oxazole rings is 1. The van der Waals surface area contributed by atoms with Crippen molar-refractivity contribution >= 4 is 5.91 Å². The highest BCUT2D eigenvalue weighted by molar-refractivity contribution is 5.92. The number of aromatic nitrogens is 1. The lowest BCUT2D eigenvalue weighted by molar-refractivity contribution is 0.0669. The summed E-state index contributed by atoms with van der Waals surface area (Å²) < 4.78 is 5.43. The summed E-state index contributed by atoms with van der Waals surface area (Å²) in [5.41, 5.74) is 3.41. The maximum Gasteiger partial charge on any atom is 0.291 e. The minimum Gasteiger partial charge on any atom is -0.438 e. The molecule has 2 fully saturated rings. The molecule has 2 heterocycles. The summed E-state index contributed by atoms with van der Waals surface area (Å²) in [6, 6.07) is 8.82. The Bertz CT molecular complexity index is 718. The standard InChI is InChI=1S/C19H23N3O2/c1-2-13-3-5-14(6-4-13)16-11-22(10-9-20-16)19(23)18-17(15-7-8-15)21-12-24-18/h3-6,12,15-16,20H,2,7-11H2,1H3. The number of aryl methyl sites for hydroxylation is 1. The van der Waals surface area contributed by atoms with E-state index in [0.29, 0.717) is 24.8 Å². The Morgan fingerprint density at radius 1 is 1.33 bits per heavy atom. The molecule has 0 radical (unpaired) electrons. The summed E-state index contributed by atoms with van der Waals surface area (Å²) in [6.07, 6.45) is 4.67. The first-order valence-corrected chi connectivity index (χ1v) is 8.81. The normalized spacial score (nSPS) is 21.0. The van der Waals surface area contributed by atoms with Gasteiger partial charge in [-0.1, -0.05) is 31.2 Å². The molecule has 1 saturated carbocycles. The lowest BCUT2D eigenvalue weighted by Gasteiger charge is -2.33. The number of hydrogen-bond donors (Lipinski definition) is 1. The van der Waals surface area contributed by atoms with Gasteiger partial charge in [0.1, 0.15) is 0 Å². The van der Waals surface area contributed by atoms with E-state index in [1.165, 1.54) is 17.5 Å². The van der Waals surface area contributed by atoms with Crippen LogP contribution in [0.3, 0.4) is 0 Å². The Labute approximate surface area is 142 Å². The van der Waals surface area contributed by atoms with Gasteiger partial charge in [-0.2, -0.15) is 0 Å². The zero-order chi connectivity index (χ0) is 16.5. The molecule has 5 nitrogen and oxygen atoms in total. The summed E-state index contributed by atoms with van der Waals surface area (Å²) in [6.45, 7) is 4.31. The molecule has 4 rings (SSSR count). The molecule has 0 bridgehead atoms. The number of hydrogen-bond acceptors (Lipinski definition) is 4. The van der Waals surface area contributed by atoms with Crippen LogP contribution < -0.4 is 5.32 Å². The maximum absolute atomic E-state index is 12.9. The molecule has 1 N–H and O–H groups in total. The molecule has 24 heavy (non-hydrogen) atoms. The third-order valence-electron chi connectivity index (χ3n) is 5.01. The average molecular weight is 325 g/mol. The molecule has 1 aliphatic carbocycles. The number of nitrogens with one attached hydrogen (secondary N) is 1. The molecule has 2 aromatic rings. The smallest absolute Gasteiger partial charge is 0.291 e. The molecule has 5 heteroatoms. The van der Waals surface area contributed by atoms with Crippen molar-refractivity contribution in [3.05, 3.63) is 53.2 Å².